The van der Waals surface area contributed by atoms with E-state index < -0.39 is 5.91 Å². The van der Waals surface area contributed by atoms with Crippen LogP contribution in [0.25, 0.3) is 10.9 Å². The number of nitrogens with two attached hydrogens (primary N) is 1. The number of amides is 1. The van der Waals surface area contributed by atoms with Gasteiger partial charge in [0.1, 0.15) is 18.1 Å². The molecule has 0 aliphatic heterocycles. The first-order valence-corrected chi connectivity index (χ1v) is 7.01. The van der Waals surface area contributed by atoms with Crippen LogP contribution in [0.4, 0.5) is 0 Å². The number of aryl methyl sites for hydroxylation is 1. The number of rotatable bonds is 4. The number of ether oxygens (including phenoxy) is 1. The van der Waals surface area contributed by atoms with Crippen LogP contribution in [0.1, 0.15) is 21.6 Å². The van der Waals surface area contributed by atoms with E-state index in [9.17, 15) is 4.79 Å². The highest BCUT2D eigenvalue weighted by molar-refractivity contribution is 5.95. The predicted molar refractivity (Wildman–Crippen MR) is 85.8 cm³/mol. The fourth-order valence-corrected chi connectivity index (χ4v) is 2.33. The van der Waals surface area contributed by atoms with Crippen molar-refractivity contribution >= 4 is 16.8 Å². The van der Waals surface area contributed by atoms with Gasteiger partial charge in [0.2, 0.25) is 0 Å². The Bertz CT molecular complexity index is 829. The van der Waals surface area contributed by atoms with Gasteiger partial charge in [0.05, 0.1) is 5.52 Å². The van der Waals surface area contributed by atoms with Crippen LogP contribution >= 0.6 is 0 Å². The van der Waals surface area contributed by atoms with Gasteiger partial charge in [-0.3, -0.25) is 4.79 Å². The molecule has 3 aromatic rings. The van der Waals surface area contributed by atoms with Crippen LogP contribution < -0.4 is 10.5 Å². The molecule has 0 radical (unpaired) electrons. The molecule has 0 saturated heterocycles. The molecule has 0 aliphatic rings. The number of hydrogen-bond donors (Lipinski definition) is 1. The van der Waals surface area contributed by atoms with E-state index in [0.717, 1.165) is 27.8 Å². The minimum atomic E-state index is -0.519. The number of aromatic nitrogens is 1. The molecule has 0 unspecified atom stereocenters. The summed E-state index contributed by atoms with van der Waals surface area (Å²) in [7, 11) is 0. The van der Waals surface area contributed by atoms with Gasteiger partial charge in [0.25, 0.3) is 5.91 Å². The highest BCUT2D eigenvalue weighted by Gasteiger charge is 2.08. The van der Waals surface area contributed by atoms with Crippen molar-refractivity contribution in [3.63, 3.8) is 0 Å². The SMILES string of the molecule is Cc1cc(C(N)=O)nc2ccc(OCc3ccccc3)cc12. The lowest BCUT2D eigenvalue weighted by atomic mass is 10.1. The van der Waals surface area contributed by atoms with Crippen LogP contribution in [0.3, 0.4) is 0 Å². The molecular weight excluding hydrogens is 276 g/mol. The second-order valence-corrected chi connectivity index (χ2v) is 5.14. The molecule has 4 nitrogen and oxygen atoms in total. The number of hydrogen-bond acceptors (Lipinski definition) is 3. The number of nitrogens with zero attached hydrogens (tertiary/aromatic N) is 1. The quantitative estimate of drug-likeness (QED) is 0.803. The van der Waals surface area contributed by atoms with E-state index in [-0.39, 0.29) is 5.69 Å². The van der Waals surface area contributed by atoms with Crippen LogP contribution in [-0.2, 0) is 6.61 Å². The van der Waals surface area contributed by atoms with Crippen LogP contribution in [0.15, 0.2) is 54.6 Å². The van der Waals surface area contributed by atoms with Gasteiger partial charge in [-0.05, 0) is 42.3 Å². The first-order valence-electron chi connectivity index (χ1n) is 7.01. The van der Waals surface area contributed by atoms with Crippen LogP contribution in [-0.4, -0.2) is 10.9 Å². The number of carbonyl (C=O) groups excluding carboxylic acids is 1. The molecule has 0 fully saturated rings. The summed E-state index contributed by atoms with van der Waals surface area (Å²) >= 11 is 0. The van der Waals surface area contributed by atoms with E-state index in [4.69, 9.17) is 10.5 Å². The minimum absolute atomic E-state index is 0.281. The summed E-state index contributed by atoms with van der Waals surface area (Å²) in [5.41, 5.74) is 8.37. The van der Waals surface area contributed by atoms with Crippen LogP contribution in [0, 0.1) is 6.92 Å². The average Bonchev–Trinajstić information content (AvgIpc) is 2.54. The zero-order valence-corrected chi connectivity index (χ0v) is 12.2. The Morgan fingerprint density at radius 1 is 1.14 bits per heavy atom. The van der Waals surface area contributed by atoms with Gasteiger partial charge >= 0.3 is 0 Å². The second-order valence-electron chi connectivity index (χ2n) is 5.14. The van der Waals surface area contributed by atoms with E-state index in [1.165, 1.54) is 0 Å². The lowest BCUT2D eigenvalue weighted by molar-refractivity contribution is 0.0996. The normalized spacial score (nSPS) is 10.6. The molecule has 110 valence electrons. The molecule has 3 rings (SSSR count). The molecule has 0 atom stereocenters. The van der Waals surface area contributed by atoms with Gasteiger partial charge in [-0.2, -0.15) is 0 Å². The van der Waals surface area contributed by atoms with E-state index >= 15 is 0 Å². The molecule has 4 heteroatoms. The summed E-state index contributed by atoms with van der Waals surface area (Å²) in [5, 5.41) is 0.954. The summed E-state index contributed by atoms with van der Waals surface area (Å²) in [6, 6.07) is 17.3. The smallest absolute Gasteiger partial charge is 0.267 e. The molecule has 22 heavy (non-hydrogen) atoms. The lowest BCUT2D eigenvalue weighted by Crippen LogP contribution is -2.13. The van der Waals surface area contributed by atoms with Crippen molar-refractivity contribution in [2.24, 2.45) is 5.73 Å². The molecule has 0 bridgehead atoms. The van der Waals surface area contributed by atoms with Crippen molar-refractivity contribution in [2.75, 3.05) is 0 Å². The van der Waals surface area contributed by atoms with Gasteiger partial charge in [-0.25, -0.2) is 4.98 Å². The molecule has 1 heterocycles. The van der Waals surface area contributed by atoms with Crippen molar-refractivity contribution in [1.29, 1.82) is 0 Å². The number of primary amides is 1. The van der Waals surface area contributed by atoms with Gasteiger partial charge in [-0.1, -0.05) is 30.3 Å². The fraction of sp³-hybridized carbons (Fsp3) is 0.111. The molecule has 2 N–H and O–H groups in total. The number of fused-ring (bicyclic) bond motifs is 1. The molecule has 1 amide bonds. The van der Waals surface area contributed by atoms with Crippen molar-refractivity contribution < 1.29 is 9.53 Å². The second kappa shape index (κ2) is 5.85. The minimum Gasteiger partial charge on any atom is -0.489 e. The zero-order chi connectivity index (χ0) is 15.5. The van der Waals surface area contributed by atoms with Crippen molar-refractivity contribution in [3.05, 3.63) is 71.4 Å². The maximum absolute atomic E-state index is 11.3. The number of pyridine rings is 1. The maximum Gasteiger partial charge on any atom is 0.267 e. The maximum atomic E-state index is 11.3. The standard InChI is InChI=1S/C18H16N2O2/c1-12-9-17(18(19)21)20-16-8-7-14(10-15(12)16)22-11-13-5-3-2-4-6-13/h2-10H,11H2,1H3,(H2,19,21). The Hall–Kier alpha value is -2.88. The van der Waals surface area contributed by atoms with Gasteiger partial charge < -0.3 is 10.5 Å². The molecule has 1 aromatic heterocycles. The number of carbonyl (C=O) groups is 1. The number of benzene rings is 2. The van der Waals surface area contributed by atoms with E-state index in [1.54, 1.807) is 6.07 Å². The first-order chi connectivity index (χ1) is 10.6. The van der Waals surface area contributed by atoms with Crippen LogP contribution in [0.5, 0.6) is 5.75 Å². The Morgan fingerprint density at radius 3 is 2.64 bits per heavy atom. The predicted octanol–water partition coefficient (Wildman–Crippen LogP) is 3.22. The summed E-state index contributed by atoms with van der Waals surface area (Å²) in [6.07, 6.45) is 0. The summed E-state index contributed by atoms with van der Waals surface area (Å²) < 4.78 is 5.81. The molecule has 0 saturated carbocycles. The zero-order valence-electron chi connectivity index (χ0n) is 12.2. The molecule has 0 spiro atoms. The summed E-state index contributed by atoms with van der Waals surface area (Å²) in [6.45, 7) is 2.44. The van der Waals surface area contributed by atoms with Crippen molar-refractivity contribution in [2.45, 2.75) is 13.5 Å². The third kappa shape index (κ3) is 2.91. The van der Waals surface area contributed by atoms with Crippen molar-refractivity contribution in [3.8, 4) is 5.75 Å². The Morgan fingerprint density at radius 2 is 1.91 bits per heavy atom. The third-order valence-electron chi connectivity index (χ3n) is 3.49. The van der Waals surface area contributed by atoms with E-state index in [2.05, 4.69) is 4.98 Å². The van der Waals surface area contributed by atoms with Crippen molar-refractivity contribution in [1.82, 2.24) is 4.98 Å². The monoisotopic (exact) mass is 292 g/mol. The molecule has 0 aliphatic carbocycles. The van der Waals surface area contributed by atoms with Gasteiger partial charge in [-0.15, -0.1) is 0 Å². The molecule has 2 aromatic carbocycles. The highest BCUT2D eigenvalue weighted by atomic mass is 16.5. The summed E-state index contributed by atoms with van der Waals surface area (Å²) in [4.78, 5) is 15.5. The molecular formula is C18H16N2O2. The topological polar surface area (TPSA) is 65.2 Å². The van der Waals surface area contributed by atoms with E-state index in [1.807, 2.05) is 55.5 Å². The fourth-order valence-electron chi connectivity index (χ4n) is 2.33. The van der Waals surface area contributed by atoms with E-state index in [0.29, 0.717) is 6.61 Å². The Balaban J connectivity index is 1.88. The average molecular weight is 292 g/mol. The van der Waals surface area contributed by atoms with Gasteiger partial charge in [0.15, 0.2) is 0 Å². The van der Waals surface area contributed by atoms with Crippen LogP contribution in [0.2, 0.25) is 0 Å². The highest BCUT2D eigenvalue weighted by Crippen LogP contribution is 2.24. The third-order valence-corrected chi connectivity index (χ3v) is 3.49. The largest absolute Gasteiger partial charge is 0.489 e. The Kier molecular flexibility index (Phi) is 3.74. The first kappa shape index (κ1) is 14.1. The Labute approximate surface area is 128 Å². The lowest BCUT2D eigenvalue weighted by Gasteiger charge is -2.09. The summed E-state index contributed by atoms with van der Waals surface area (Å²) in [5.74, 6) is 0.252. The van der Waals surface area contributed by atoms with Gasteiger partial charge in [0, 0.05) is 5.39 Å².